The lowest BCUT2D eigenvalue weighted by molar-refractivity contribution is 0.415. The van der Waals surface area contributed by atoms with Gasteiger partial charge in [0.05, 0.1) is 0 Å². The Kier molecular flexibility index (Phi) is 9.30. The molecule has 0 radical (unpaired) electrons. The predicted molar refractivity (Wildman–Crippen MR) is 124 cm³/mol. The lowest BCUT2D eigenvalue weighted by Crippen LogP contribution is -2.20. The quantitative estimate of drug-likeness (QED) is 0.439. The van der Waals surface area contributed by atoms with Crippen molar-refractivity contribution in [1.29, 1.82) is 0 Å². The Morgan fingerprint density at radius 1 is 0.963 bits per heavy atom. The zero-order chi connectivity index (χ0) is 20.6. The molecule has 1 aliphatic rings. The molecular formula is C27H42. The van der Waals surface area contributed by atoms with Gasteiger partial charge in [-0.1, -0.05) is 102 Å². The van der Waals surface area contributed by atoms with E-state index in [1.54, 1.807) is 0 Å². The van der Waals surface area contributed by atoms with Crippen LogP contribution in [-0.4, -0.2) is 0 Å². The highest BCUT2D eigenvalue weighted by molar-refractivity contribution is 5.33. The van der Waals surface area contributed by atoms with E-state index < -0.39 is 0 Å². The van der Waals surface area contributed by atoms with Crippen LogP contribution in [0.3, 0.4) is 0 Å². The van der Waals surface area contributed by atoms with Gasteiger partial charge in [0.2, 0.25) is 0 Å². The largest absolute Gasteiger partial charge is 0.0845 e. The molecule has 0 aromatic carbocycles. The minimum Gasteiger partial charge on any atom is -0.0845 e. The van der Waals surface area contributed by atoms with Crippen LogP contribution in [0.25, 0.3) is 0 Å². The first-order valence-electron chi connectivity index (χ1n) is 10.7. The fraction of sp³-hybridized carbons (Fsp3) is 0.556. The van der Waals surface area contributed by atoms with Gasteiger partial charge in [-0.05, 0) is 62.0 Å². The first kappa shape index (κ1) is 23.5. The summed E-state index contributed by atoms with van der Waals surface area (Å²) in [4.78, 5) is 0. The van der Waals surface area contributed by atoms with Crippen LogP contribution in [0.1, 0.15) is 68.7 Å². The number of hydrogen-bond donors (Lipinski definition) is 0. The summed E-state index contributed by atoms with van der Waals surface area (Å²) in [6.07, 6.45) is 22.4. The molecule has 1 aliphatic carbocycles. The molecule has 0 amide bonds. The van der Waals surface area contributed by atoms with Gasteiger partial charge in [-0.25, -0.2) is 0 Å². The third-order valence-electron chi connectivity index (χ3n) is 6.34. The second-order valence-corrected chi connectivity index (χ2v) is 8.90. The van der Waals surface area contributed by atoms with Crippen molar-refractivity contribution in [2.24, 2.45) is 29.1 Å². The van der Waals surface area contributed by atoms with E-state index in [0.717, 1.165) is 6.42 Å². The van der Waals surface area contributed by atoms with Crippen molar-refractivity contribution in [3.05, 3.63) is 71.4 Å². The molecule has 0 spiro atoms. The SMILES string of the molecule is CC/C(C)=C\C(C)C1(C)/C=C/C(C)=C(C)\C=C\C(C)/C=C/C(C)C(C)/C=C/1. The molecule has 0 heterocycles. The molecule has 0 aromatic rings. The molecule has 0 bridgehead atoms. The zero-order valence-corrected chi connectivity index (χ0v) is 19.2. The fourth-order valence-corrected chi connectivity index (χ4v) is 3.07. The van der Waals surface area contributed by atoms with Crippen LogP contribution >= 0.6 is 0 Å². The normalized spacial score (nSPS) is 39.3. The lowest BCUT2D eigenvalue weighted by atomic mass is 9.75. The third kappa shape index (κ3) is 7.53. The van der Waals surface area contributed by atoms with Gasteiger partial charge in [0.25, 0.3) is 0 Å². The highest BCUT2D eigenvalue weighted by atomic mass is 14.3. The zero-order valence-electron chi connectivity index (χ0n) is 19.2. The summed E-state index contributed by atoms with van der Waals surface area (Å²) in [5.74, 6) is 1.98. The van der Waals surface area contributed by atoms with Crippen LogP contribution in [0.15, 0.2) is 71.4 Å². The van der Waals surface area contributed by atoms with Crippen LogP contribution in [0.5, 0.6) is 0 Å². The molecule has 0 aromatic heterocycles. The molecule has 1 rings (SSSR count). The standard InChI is InChI=1S/C27H42/c1-10-20(2)19-26(8)27(9)17-15-24(6)22(4)13-11-21(3)12-14-23(5)25(7)16-18-27/h11-19,21-22,24,26H,10H2,1-9H3/b13-11+,14-12+,17-15+,18-16+,20-19-,25-23-. The number of hydrogen-bond acceptors (Lipinski definition) is 0. The molecule has 0 saturated heterocycles. The van der Waals surface area contributed by atoms with E-state index in [0.29, 0.717) is 23.7 Å². The molecule has 0 aliphatic heterocycles. The average Bonchev–Trinajstić information content (AvgIpc) is 2.65. The second kappa shape index (κ2) is 10.7. The highest BCUT2D eigenvalue weighted by Gasteiger charge is 2.24. The minimum atomic E-state index is 0.0107. The molecular weight excluding hydrogens is 324 g/mol. The Morgan fingerprint density at radius 3 is 2.19 bits per heavy atom. The molecule has 0 saturated carbocycles. The monoisotopic (exact) mass is 366 g/mol. The Hall–Kier alpha value is -1.56. The Balaban J connectivity index is 3.41. The number of allylic oxidation sites excluding steroid dienone is 12. The topological polar surface area (TPSA) is 0 Å². The Labute approximate surface area is 169 Å². The summed E-state index contributed by atoms with van der Waals surface area (Å²) >= 11 is 0. The minimum absolute atomic E-state index is 0.0107. The lowest BCUT2D eigenvalue weighted by Gasteiger charge is -2.29. The van der Waals surface area contributed by atoms with Crippen LogP contribution in [0.4, 0.5) is 0 Å². The predicted octanol–water partition coefficient (Wildman–Crippen LogP) is 8.47. The smallest absolute Gasteiger partial charge is 0.00961 e. The number of rotatable bonds is 3. The molecule has 5 atom stereocenters. The summed E-state index contributed by atoms with van der Waals surface area (Å²) in [5, 5.41) is 0. The van der Waals surface area contributed by atoms with Gasteiger partial charge in [0.1, 0.15) is 0 Å². The van der Waals surface area contributed by atoms with Crippen molar-refractivity contribution in [3.63, 3.8) is 0 Å². The van der Waals surface area contributed by atoms with Gasteiger partial charge in [-0.15, -0.1) is 0 Å². The van der Waals surface area contributed by atoms with Gasteiger partial charge in [-0.3, -0.25) is 0 Å². The maximum atomic E-state index is 2.44. The van der Waals surface area contributed by atoms with E-state index in [-0.39, 0.29) is 5.41 Å². The molecule has 0 fully saturated rings. The third-order valence-corrected chi connectivity index (χ3v) is 6.34. The van der Waals surface area contributed by atoms with E-state index in [2.05, 4.69) is 117 Å². The summed E-state index contributed by atoms with van der Waals surface area (Å²) < 4.78 is 0. The maximum Gasteiger partial charge on any atom is 0.00961 e. The molecule has 0 nitrogen and oxygen atoms in total. The highest BCUT2D eigenvalue weighted by Crippen LogP contribution is 2.35. The fourth-order valence-electron chi connectivity index (χ4n) is 3.07. The molecule has 27 heavy (non-hydrogen) atoms. The molecule has 0 heteroatoms. The van der Waals surface area contributed by atoms with Gasteiger partial charge in [0.15, 0.2) is 0 Å². The summed E-state index contributed by atoms with van der Waals surface area (Å²) in [6.45, 7) is 20.5. The van der Waals surface area contributed by atoms with Crippen molar-refractivity contribution in [3.8, 4) is 0 Å². The van der Waals surface area contributed by atoms with E-state index in [4.69, 9.17) is 0 Å². The van der Waals surface area contributed by atoms with Crippen molar-refractivity contribution in [2.75, 3.05) is 0 Å². The van der Waals surface area contributed by atoms with Gasteiger partial charge in [0, 0.05) is 5.41 Å². The van der Waals surface area contributed by atoms with Gasteiger partial charge >= 0.3 is 0 Å². The van der Waals surface area contributed by atoms with Crippen molar-refractivity contribution < 1.29 is 0 Å². The summed E-state index contributed by atoms with van der Waals surface area (Å²) in [5.41, 5.74) is 4.15. The second-order valence-electron chi connectivity index (χ2n) is 8.90. The van der Waals surface area contributed by atoms with Crippen LogP contribution < -0.4 is 0 Å². The first-order valence-corrected chi connectivity index (χ1v) is 10.7. The average molecular weight is 367 g/mol. The van der Waals surface area contributed by atoms with E-state index in [1.807, 2.05) is 0 Å². The molecule has 0 N–H and O–H groups in total. The maximum absolute atomic E-state index is 2.44. The molecule has 150 valence electrons. The van der Waals surface area contributed by atoms with E-state index in [1.165, 1.54) is 16.7 Å². The Morgan fingerprint density at radius 2 is 1.56 bits per heavy atom. The van der Waals surface area contributed by atoms with Crippen LogP contribution in [0.2, 0.25) is 0 Å². The van der Waals surface area contributed by atoms with Gasteiger partial charge < -0.3 is 0 Å². The van der Waals surface area contributed by atoms with E-state index in [9.17, 15) is 0 Å². The van der Waals surface area contributed by atoms with Crippen LogP contribution in [-0.2, 0) is 0 Å². The molecule has 5 unspecified atom stereocenters. The summed E-state index contributed by atoms with van der Waals surface area (Å²) in [6, 6.07) is 0. The van der Waals surface area contributed by atoms with Crippen LogP contribution in [0, 0.1) is 29.1 Å². The Bertz CT molecular complexity index is 650. The van der Waals surface area contributed by atoms with Crippen molar-refractivity contribution in [2.45, 2.75) is 68.7 Å². The first-order chi connectivity index (χ1) is 12.6. The van der Waals surface area contributed by atoms with E-state index >= 15 is 0 Å². The van der Waals surface area contributed by atoms with Crippen molar-refractivity contribution >= 4 is 0 Å². The van der Waals surface area contributed by atoms with Crippen molar-refractivity contribution in [1.82, 2.24) is 0 Å². The van der Waals surface area contributed by atoms with Gasteiger partial charge in [-0.2, -0.15) is 0 Å². The summed E-state index contributed by atoms with van der Waals surface area (Å²) in [7, 11) is 0.